The number of carbonyl (C=O) groups excluding carboxylic acids is 1. The lowest BCUT2D eigenvalue weighted by Crippen LogP contribution is -2.33. The number of ether oxygens (including phenoxy) is 3. The summed E-state index contributed by atoms with van der Waals surface area (Å²) in [7, 11) is 1.33. The molecule has 0 bridgehead atoms. The Labute approximate surface area is 263 Å². The van der Waals surface area contributed by atoms with Crippen molar-refractivity contribution in [2.75, 3.05) is 26.8 Å². The number of halogens is 2. The first-order valence-corrected chi connectivity index (χ1v) is 15.4. The van der Waals surface area contributed by atoms with E-state index in [0.717, 1.165) is 39.8 Å². The highest BCUT2D eigenvalue weighted by atomic mass is 19.1. The maximum atomic E-state index is 15.6. The molecule has 0 saturated carbocycles. The van der Waals surface area contributed by atoms with Crippen LogP contribution in [0.15, 0.2) is 24.3 Å². The third-order valence-electron chi connectivity index (χ3n) is 8.93. The smallest absolute Gasteiger partial charge is 0.337 e. The van der Waals surface area contributed by atoms with Gasteiger partial charge >= 0.3 is 5.97 Å². The van der Waals surface area contributed by atoms with E-state index in [2.05, 4.69) is 0 Å². The van der Waals surface area contributed by atoms with E-state index in [0.29, 0.717) is 55.6 Å². The van der Waals surface area contributed by atoms with Gasteiger partial charge in [-0.3, -0.25) is 4.79 Å². The number of amides is 1. The van der Waals surface area contributed by atoms with Crippen molar-refractivity contribution in [3.8, 4) is 22.6 Å². The van der Waals surface area contributed by atoms with Crippen molar-refractivity contribution >= 4 is 11.9 Å². The number of methoxy groups -OCH3 is 1. The highest BCUT2D eigenvalue weighted by Gasteiger charge is 2.36. The van der Waals surface area contributed by atoms with Crippen molar-refractivity contribution in [1.29, 1.82) is 0 Å². The number of para-hydroxylation sites is 1. The van der Waals surface area contributed by atoms with Gasteiger partial charge in [0.25, 0.3) is 5.91 Å². The molecule has 0 fully saturated rings. The lowest BCUT2D eigenvalue weighted by molar-refractivity contribution is -0.160. The van der Waals surface area contributed by atoms with Crippen molar-refractivity contribution in [2.24, 2.45) is 0 Å². The topological polar surface area (TPSA) is 85.3 Å². The van der Waals surface area contributed by atoms with E-state index >= 15 is 4.39 Å². The van der Waals surface area contributed by atoms with Gasteiger partial charge in [0, 0.05) is 24.2 Å². The van der Waals surface area contributed by atoms with Gasteiger partial charge < -0.3 is 24.2 Å². The third kappa shape index (κ3) is 6.02. The van der Waals surface area contributed by atoms with Crippen LogP contribution in [0.2, 0.25) is 0 Å². The Bertz CT molecular complexity index is 1680. The number of hydrogen-bond donors (Lipinski definition) is 1. The molecule has 5 rings (SSSR count). The summed E-state index contributed by atoms with van der Waals surface area (Å²) >= 11 is 0. The average Bonchev–Trinajstić information content (AvgIpc) is 3.22. The van der Waals surface area contributed by atoms with Crippen LogP contribution in [-0.4, -0.2) is 54.3 Å². The van der Waals surface area contributed by atoms with E-state index in [1.165, 1.54) is 25.3 Å². The van der Waals surface area contributed by atoms with Crippen molar-refractivity contribution in [3.63, 3.8) is 0 Å². The molecule has 0 radical (unpaired) electrons. The summed E-state index contributed by atoms with van der Waals surface area (Å²) in [6.07, 6.45) is 1.02. The van der Waals surface area contributed by atoms with E-state index in [1.54, 1.807) is 31.7 Å². The van der Waals surface area contributed by atoms with Crippen LogP contribution in [0.1, 0.15) is 82.6 Å². The van der Waals surface area contributed by atoms with Gasteiger partial charge in [-0.15, -0.1) is 0 Å². The third-order valence-corrected chi connectivity index (χ3v) is 8.93. The van der Waals surface area contributed by atoms with E-state index in [9.17, 15) is 19.1 Å². The molecule has 2 aliphatic heterocycles. The molecule has 1 atom stereocenters. The van der Waals surface area contributed by atoms with Crippen LogP contribution in [-0.2, 0) is 28.8 Å². The van der Waals surface area contributed by atoms with Crippen molar-refractivity contribution in [2.45, 2.75) is 78.9 Å². The molecule has 0 aliphatic carbocycles. The monoisotopic (exact) mass is 621 g/mol. The molecule has 1 amide bonds. The maximum absolute atomic E-state index is 15.6. The SMILES string of the molecule is COc1c(F)cccc1C(=O)N1CCc2c(C)c(-c3cc(F)c4c(c3C)CCCO4)c([C@H](OC(C)(C)C)C(=O)O)c(C)c2CC1. The van der Waals surface area contributed by atoms with Crippen LogP contribution in [0.5, 0.6) is 11.5 Å². The maximum Gasteiger partial charge on any atom is 0.337 e. The molecule has 0 spiro atoms. The number of carboxylic acid groups (broad SMARTS) is 1. The molecular formula is C36H41F2NO6. The summed E-state index contributed by atoms with van der Waals surface area (Å²) in [6.45, 7) is 12.3. The molecular weight excluding hydrogens is 580 g/mol. The molecule has 0 aromatic heterocycles. The van der Waals surface area contributed by atoms with Crippen molar-refractivity contribution in [3.05, 3.63) is 80.4 Å². The zero-order valence-corrected chi connectivity index (χ0v) is 27.0. The molecule has 2 aliphatic rings. The van der Waals surface area contributed by atoms with Crippen molar-refractivity contribution < 1.29 is 37.7 Å². The van der Waals surface area contributed by atoms with Crippen molar-refractivity contribution in [1.82, 2.24) is 4.90 Å². The molecule has 3 aromatic rings. The fraction of sp³-hybridized carbons (Fsp3) is 0.444. The number of rotatable bonds is 6. The zero-order valence-electron chi connectivity index (χ0n) is 27.0. The molecule has 0 unspecified atom stereocenters. The number of benzene rings is 3. The first kappa shape index (κ1) is 32.4. The van der Waals surface area contributed by atoms with Crippen LogP contribution in [0.3, 0.4) is 0 Å². The summed E-state index contributed by atoms with van der Waals surface area (Å²) < 4.78 is 47.2. The number of fused-ring (bicyclic) bond motifs is 2. The van der Waals surface area contributed by atoms with E-state index in [-0.39, 0.29) is 23.0 Å². The molecule has 0 saturated heterocycles. The van der Waals surface area contributed by atoms with Gasteiger partial charge in [-0.05, 0) is 124 Å². The molecule has 1 N–H and O–H groups in total. The number of nitrogens with zero attached hydrogens (tertiary/aromatic N) is 1. The average molecular weight is 622 g/mol. The minimum Gasteiger partial charge on any atom is -0.493 e. The van der Waals surface area contributed by atoms with Crippen LogP contribution in [0, 0.1) is 32.4 Å². The van der Waals surface area contributed by atoms with Gasteiger partial charge in [-0.25, -0.2) is 13.6 Å². The summed E-state index contributed by atoms with van der Waals surface area (Å²) in [4.78, 5) is 28.3. The Morgan fingerprint density at radius 2 is 1.62 bits per heavy atom. The highest BCUT2D eigenvalue weighted by molar-refractivity contribution is 5.97. The Kier molecular flexibility index (Phi) is 8.95. The number of aliphatic carboxylic acids is 1. The van der Waals surface area contributed by atoms with Gasteiger partial charge in [-0.1, -0.05) is 6.07 Å². The Morgan fingerprint density at radius 1 is 0.956 bits per heavy atom. The second-order valence-electron chi connectivity index (χ2n) is 12.8. The van der Waals surface area contributed by atoms with Crippen LogP contribution >= 0.6 is 0 Å². The van der Waals surface area contributed by atoms with Crippen LogP contribution < -0.4 is 9.47 Å². The first-order valence-electron chi connectivity index (χ1n) is 15.4. The second-order valence-corrected chi connectivity index (χ2v) is 12.8. The number of carbonyl (C=O) groups is 2. The number of hydrogen-bond acceptors (Lipinski definition) is 5. The predicted octanol–water partition coefficient (Wildman–Crippen LogP) is 7.07. The molecule has 240 valence electrons. The molecule has 7 nitrogen and oxygen atoms in total. The normalized spacial score (nSPS) is 15.4. The van der Waals surface area contributed by atoms with Gasteiger partial charge in [0.2, 0.25) is 0 Å². The zero-order chi connectivity index (χ0) is 32.8. The minimum absolute atomic E-state index is 0.0984. The van der Waals surface area contributed by atoms with Crippen LogP contribution in [0.25, 0.3) is 11.1 Å². The lowest BCUT2D eigenvalue weighted by atomic mass is 9.79. The van der Waals surface area contributed by atoms with Gasteiger partial charge in [0.15, 0.2) is 29.2 Å². The lowest BCUT2D eigenvalue weighted by Gasteiger charge is -2.31. The molecule has 45 heavy (non-hydrogen) atoms. The van der Waals surface area contributed by atoms with Crippen LogP contribution in [0.4, 0.5) is 8.78 Å². The second kappa shape index (κ2) is 12.4. The fourth-order valence-electron chi connectivity index (χ4n) is 6.87. The molecule has 9 heteroatoms. The predicted molar refractivity (Wildman–Crippen MR) is 167 cm³/mol. The minimum atomic E-state index is -1.32. The quantitative estimate of drug-likeness (QED) is 0.317. The molecule has 2 heterocycles. The van der Waals surface area contributed by atoms with Gasteiger partial charge in [-0.2, -0.15) is 0 Å². The summed E-state index contributed by atoms with van der Waals surface area (Å²) in [5, 5.41) is 10.6. The van der Waals surface area contributed by atoms with E-state index in [4.69, 9.17) is 14.2 Å². The van der Waals surface area contributed by atoms with E-state index in [1.807, 2.05) is 20.8 Å². The number of carboxylic acids is 1. The standard InChI is InChI=1S/C36H41F2NO6/c1-19-24-11-9-17-44-32(24)28(38)18-26(19)29-20(2)22-13-15-39(34(40)25-10-8-12-27(37)31(25)43-7)16-14-23(22)21(3)30(29)33(35(41)42)45-36(4,5)6/h8,10,12,18,33H,9,11,13-17H2,1-7H3,(H,41,42)/t33-/m0/s1. The fourth-order valence-corrected chi connectivity index (χ4v) is 6.87. The van der Waals surface area contributed by atoms with E-state index < -0.39 is 29.3 Å². The Balaban J connectivity index is 1.70. The Hall–Kier alpha value is -3.98. The van der Waals surface area contributed by atoms with Gasteiger partial charge in [0.1, 0.15) is 0 Å². The largest absolute Gasteiger partial charge is 0.493 e. The van der Waals surface area contributed by atoms with Gasteiger partial charge in [0.05, 0.1) is 24.9 Å². The Morgan fingerprint density at radius 3 is 2.24 bits per heavy atom. The summed E-state index contributed by atoms with van der Waals surface area (Å²) in [5.41, 5.74) is 6.23. The molecule has 3 aromatic carbocycles. The summed E-state index contributed by atoms with van der Waals surface area (Å²) in [5.74, 6) is -2.42. The summed E-state index contributed by atoms with van der Waals surface area (Å²) in [6, 6.07) is 5.74. The highest BCUT2D eigenvalue weighted by Crippen LogP contribution is 2.46. The first-order chi connectivity index (χ1) is 21.2.